The lowest BCUT2D eigenvalue weighted by Crippen LogP contribution is -2.32. The highest BCUT2D eigenvalue weighted by atomic mass is 16.6. The van der Waals surface area contributed by atoms with Crippen LogP contribution >= 0.6 is 0 Å². The Bertz CT molecular complexity index is 1350. The smallest absolute Gasteiger partial charge is 0.407 e. The summed E-state index contributed by atoms with van der Waals surface area (Å²) in [6.45, 7) is 6.42. The van der Waals surface area contributed by atoms with E-state index in [1.165, 1.54) is 22.3 Å². The molecule has 3 aromatic carbocycles. The van der Waals surface area contributed by atoms with Crippen LogP contribution in [0.15, 0.2) is 71.8 Å². The van der Waals surface area contributed by atoms with E-state index in [1.54, 1.807) is 20.8 Å². The highest BCUT2D eigenvalue weighted by Crippen LogP contribution is 2.44. The maximum absolute atomic E-state index is 12.5. The van der Waals surface area contributed by atoms with E-state index in [0.717, 1.165) is 16.7 Å². The average Bonchev–Trinajstić information content (AvgIpc) is 3.23. The maximum Gasteiger partial charge on any atom is 0.407 e. The maximum atomic E-state index is 12.5. The number of alkyl carbamates (subject to hydrolysis) is 2. The first-order valence-corrected chi connectivity index (χ1v) is 12.9. The Morgan fingerprint density at radius 3 is 2.23 bits per heavy atom. The van der Waals surface area contributed by atoms with Crippen LogP contribution in [0.5, 0.6) is 0 Å². The van der Waals surface area contributed by atoms with Crippen LogP contribution < -0.4 is 10.6 Å². The number of hydrogen-bond donors (Lipinski definition) is 2. The second-order valence-corrected chi connectivity index (χ2v) is 10.3. The molecule has 0 radical (unpaired) electrons. The van der Waals surface area contributed by atoms with E-state index in [0.29, 0.717) is 13.0 Å². The third-order valence-electron chi connectivity index (χ3n) is 6.42. The minimum absolute atomic E-state index is 0.00762. The van der Waals surface area contributed by atoms with E-state index in [9.17, 15) is 9.59 Å². The predicted octanol–water partition coefficient (Wildman–Crippen LogP) is 6.60. The Morgan fingerprint density at radius 2 is 1.59 bits per heavy atom. The third kappa shape index (κ3) is 7.30. The molecule has 0 aromatic heterocycles. The highest BCUT2D eigenvalue weighted by molar-refractivity contribution is 5.79. The van der Waals surface area contributed by atoms with Crippen molar-refractivity contribution in [3.8, 4) is 11.1 Å². The third-order valence-corrected chi connectivity index (χ3v) is 6.42. The van der Waals surface area contributed by atoms with E-state index in [-0.39, 0.29) is 25.6 Å². The van der Waals surface area contributed by atoms with Gasteiger partial charge in [-0.15, -0.1) is 0 Å². The van der Waals surface area contributed by atoms with Gasteiger partial charge in [0.25, 0.3) is 0 Å². The summed E-state index contributed by atoms with van der Waals surface area (Å²) in [5.41, 5.74) is 15.5. The van der Waals surface area contributed by atoms with Crippen LogP contribution in [-0.4, -0.2) is 30.9 Å². The van der Waals surface area contributed by atoms with Gasteiger partial charge in [0.1, 0.15) is 12.2 Å². The Balaban J connectivity index is 1.30. The van der Waals surface area contributed by atoms with E-state index in [1.807, 2.05) is 42.5 Å². The molecule has 39 heavy (non-hydrogen) atoms. The largest absolute Gasteiger partial charge is 0.449 e. The summed E-state index contributed by atoms with van der Waals surface area (Å²) in [5.74, 6) is 0.00762. The van der Waals surface area contributed by atoms with Gasteiger partial charge in [-0.2, -0.15) is 0 Å². The fourth-order valence-electron chi connectivity index (χ4n) is 4.70. The fourth-order valence-corrected chi connectivity index (χ4v) is 4.70. The van der Waals surface area contributed by atoms with Crippen LogP contribution in [0.2, 0.25) is 0 Å². The normalized spacial score (nSPS) is 12.1. The summed E-state index contributed by atoms with van der Waals surface area (Å²) in [6, 6.07) is 22.1. The summed E-state index contributed by atoms with van der Waals surface area (Å²) >= 11 is 0. The van der Waals surface area contributed by atoms with Crippen molar-refractivity contribution in [1.29, 1.82) is 0 Å². The fraction of sp³-hybridized carbons (Fsp3) is 0.333. The lowest BCUT2D eigenvalue weighted by molar-refractivity contribution is 0.0523. The lowest BCUT2D eigenvalue weighted by Gasteiger charge is -2.20. The molecular weight excluding hydrogens is 494 g/mol. The molecule has 0 spiro atoms. The first-order chi connectivity index (χ1) is 18.7. The van der Waals surface area contributed by atoms with E-state index < -0.39 is 17.8 Å². The lowest BCUT2D eigenvalue weighted by atomic mass is 9.98. The zero-order chi connectivity index (χ0) is 27.8. The molecule has 9 nitrogen and oxygen atoms in total. The van der Waals surface area contributed by atoms with Gasteiger partial charge in [-0.3, -0.25) is 0 Å². The monoisotopic (exact) mass is 527 g/mol. The number of carbonyl (C=O) groups is 2. The molecule has 1 aliphatic rings. The molecule has 0 aliphatic heterocycles. The SMILES string of the molecule is CC(C)(C)OC(=O)NCc1ccc(CCNC(=O)OCC2c3ccccc3-c3ccccc32)cc1CN=[N+]=[N-]. The minimum atomic E-state index is -0.595. The number of amides is 2. The Labute approximate surface area is 228 Å². The van der Waals surface area contributed by atoms with Gasteiger partial charge in [-0.25, -0.2) is 9.59 Å². The number of rotatable bonds is 9. The van der Waals surface area contributed by atoms with Crippen molar-refractivity contribution < 1.29 is 19.1 Å². The van der Waals surface area contributed by atoms with Crippen molar-refractivity contribution in [2.75, 3.05) is 13.2 Å². The molecule has 0 unspecified atom stereocenters. The molecule has 2 amide bonds. The van der Waals surface area contributed by atoms with E-state index >= 15 is 0 Å². The van der Waals surface area contributed by atoms with Crippen LogP contribution in [-0.2, 0) is 29.0 Å². The van der Waals surface area contributed by atoms with Crippen molar-refractivity contribution >= 4 is 12.2 Å². The highest BCUT2D eigenvalue weighted by Gasteiger charge is 2.29. The van der Waals surface area contributed by atoms with Crippen LogP contribution in [0, 0.1) is 0 Å². The summed E-state index contributed by atoms with van der Waals surface area (Å²) in [5, 5.41) is 9.24. The Hall–Kier alpha value is -4.49. The zero-order valence-corrected chi connectivity index (χ0v) is 22.4. The average molecular weight is 528 g/mol. The second kappa shape index (κ2) is 12.4. The van der Waals surface area contributed by atoms with Crippen molar-refractivity contribution in [3.63, 3.8) is 0 Å². The van der Waals surface area contributed by atoms with Gasteiger partial charge in [0, 0.05) is 23.9 Å². The molecule has 3 aromatic rings. The van der Waals surface area contributed by atoms with Crippen LogP contribution in [0.3, 0.4) is 0 Å². The van der Waals surface area contributed by atoms with Gasteiger partial charge in [0.15, 0.2) is 0 Å². The Kier molecular flexibility index (Phi) is 8.74. The van der Waals surface area contributed by atoms with Gasteiger partial charge in [-0.05, 0) is 71.7 Å². The van der Waals surface area contributed by atoms with E-state index in [2.05, 4.69) is 44.9 Å². The zero-order valence-electron chi connectivity index (χ0n) is 22.4. The molecular formula is C30H33N5O4. The molecule has 0 bridgehead atoms. The first kappa shape index (κ1) is 27.5. The van der Waals surface area contributed by atoms with Gasteiger partial charge < -0.3 is 20.1 Å². The number of ether oxygens (including phenoxy) is 2. The molecule has 202 valence electrons. The van der Waals surface area contributed by atoms with Crippen LogP contribution in [0.25, 0.3) is 21.6 Å². The molecule has 0 saturated carbocycles. The van der Waals surface area contributed by atoms with Gasteiger partial charge in [0.2, 0.25) is 0 Å². The molecule has 0 heterocycles. The minimum Gasteiger partial charge on any atom is -0.449 e. The number of fused-ring (bicyclic) bond motifs is 3. The summed E-state index contributed by atoms with van der Waals surface area (Å²) in [7, 11) is 0. The number of hydrogen-bond acceptors (Lipinski definition) is 5. The quantitative estimate of drug-likeness (QED) is 0.185. The van der Waals surface area contributed by atoms with E-state index in [4.69, 9.17) is 15.0 Å². The first-order valence-electron chi connectivity index (χ1n) is 12.9. The molecule has 0 atom stereocenters. The number of carbonyl (C=O) groups excluding carboxylic acids is 2. The molecule has 0 fully saturated rings. The van der Waals surface area contributed by atoms with Crippen LogP contribution in [0.4, 0.5) is 9.59 Å². The van der Waals surface area contributed by atoms with Crippen molar-refractivity contribution in [2.24, 2.45) is 5.11 Å². The standard InChI is InChI=1S/C30H33N5O4/c1-30(2,3)39-29(37)33-17-21-13-12-20(16-22(21)18-34-35-31)14-15-32-28(36)38-19-27-25-10-6-4-8-23(25)24-9-5-7-11-26(24)27/h4-13,16,27H,14-15,17-19H2,1-3H3,(H,32,36)(H,33,37). The topological polar surface area (TPSA) is 125 Å². The van der Waals surface area contributed by atoms with Gasteiger partial charge in [-0.1, -0.05) is 71.8 Å². The summed E-state index contributed by atoms with van der Waals surface area (Å²) in [4.78, 5) is 27.4. The Morgan fingerprint density at radius 1 is 0.923 bits per heavy atom. The van der Waals surface area contributed by atoms with Gasteiger partial charge in [0.05, 0.1) is 6.54 Å². The molecule has 9 heteroatoms. The molecule has 0 saturated heterocycles. The number of benzene rings is 3. The van der Waals surface area contributed by atoms with Crippen LogP contribution in [0.1, 0.15) is 54.5 Å². The predicted molar refractivity (Wildman–Crippen MR) is 149 cm³/mol. The second-order valence-electron chi connectivity index (χ2n) is 10.3. The number of nitrogens with zero attached hydrogens (tertiary/aromatic N) is 3. The molecule has 1 aliphatic carbocycles. The number of azide groups is 1. The molecule has 2 N–H and O–H groups in total. The number of nitrogens with one attached hydrogen (secondary N) is 2. The van der Waals surface area contributed by atoms with Gasteiger partial charge >= 0.3 is 12.2 Å². The summed E-state index contributed by atoms with van der Waals surface area (Å²) in [6.07, 6.45) is -0.425. The summed E-state index contributed by atoms with van der Waals surface area (Å²) < 4.78 is 10.9. The van der Waals surface area contributed by atoms with Crippen molar-refractivity contribution in [2.45, 2.75) is 51.8 Å². The molecule has 4 rings (SSSR count). The van der Waals surface area contributed by atoms with Crippen molar-refractivity contribution in [3.05, 3.63) is 105 Å². The van der Waals surface area contributed by atoms with Crippen molar-refractivity contribution in [1.82, 2.24) is 10.6 Å².